The number of hydrogen-bond donors (Lipinski definition) is 1. The molecule has 1 aliphatic rings. The molecule has 98 valence electrons. The summed E-state index contributed by atoms with van der Waals surface area (Å²) in [7, 11) is 0. The van der Waals surface area contributed by atoms with Crippen molar-refractivity contribution in [2.45, 2.75) is 38.8 Å². The van der Waals surface area contributed by atoms with E-state index >= 15 is 0 Å². The molecule has 0 aliphatic carbocycles. The maximum atomic E-state index is 12.6. The molecular weight excluding hydrogens is 292 g/mol. The Hall–Kier alpha value is -0.870. The Kier molecular flexibility index (Phi) is 3.78. The van der Waals surface area contributed by atoms with Crippen LogP contribution in [0.5, 0.6) is 0 Å². The second-order valence-corrected chi connectivity index (χ2v) is 6.22. The summed E-state index contributed by atoms with van der Waals surface area (Å²) in [5, 5.41) is 3.38. The third kappa shape index (κ3) is 2.59. The highest BCUT2D eigenvalue weighted by molar-refractivity contribution is 9.10. The van der Waals surface area contributed by atoms with Crippen LogP contribution < -0.4 is 10.2 Å². The fourth-order valence-electron chi connectivity index (χ4n) is 2.41. The lowest BCUT2D eigenvalue weighted by atomic mass is 10.0. The van der Waals surface area contributed by atoms with Gasteiger partial charge in [0.25, 0.3) is 0 Å². The van der Waals surface area contributed by atoms with E-state index in [9.17, 15) is 4.79 Å². The summed E-state index contributed by atoms with van der Waals surface area (Å²) >= 11 is 3.52. The zero-order valence-corrected chi connectivity index (χ0v) is 12.6. The lowest BCUT2D eigenvalue weighted by Gasteiger charge is -2.30. The Morgan fingerprint density at radius 2 is 2.06 bits per heavy atom. The van der Waals surface area contributed by atoms with E-state index in [2.05, 4.69) is 28.2 Å². The average Bonchev–Trinajstić information content (AvgIpc) is 2.39. The zero-order valence-electron chi connectivity index (χ0n) is 11.0. The van der Waals surface area contributed by atoms with Crippen LogP contribution in [0.4, 0.5) is 5.69 Å². The number of amides is 1. The molecule has 4 heteroatoms. The van der Waals surface area contributed by atoms with E-state index in [0.29, 0.717) is 6.04 Å². The van der Waals surface area contributed by atoms with Crippen LogP contribution in [0.25, 0.3) is 0 Å². The van der Waals surface area contributed by atoms with Crippen molar-refractivity contribution in [2.75, 3.05) is 11.4 Å². The minimum atomic E-state index is -0.523. The van der Waals surface area contributed by atoms with Gasteiger partial charge in [-0.05, 0) is 55.3 Å². The summed E-state index contributed by atoms with van der Waals surface area (Å²) in [6, 6.07) is 8.21. The van der Waals surface area contributed by atoms with Crippen LogP contribution in [-0.2, 0) is 4.79 Å². The second-order valence-electron chi connectivity index (χ2n) is 5.37. The van der Waals surface area contributed by atoms with Crippen molar-refractivity contribution in [3.8, 4) is 0 Å². The third-order valence-electron chi connectivity index (χ3n) is 3.32. The third-order valence-corrected chi connectivity index (χ3v) is 3.99. The molecule has 18 heavy (non-hydrogen) atoms. The second kappa shape index (κ2) is 5.02. The topological polar surface area (TPSA) is 32.3 Å². The van der Waals surface area contributed by atoms with E-state index in [1.54, 1.807) is 0 Å². The number of nitrogens with one attached hydrogen (secondary N) is 1. The van der Waals surface area contributed by atoms with Crippen LogP contribution in [0.3, 0.4) is 0 Å². The molecule has 1 unspecified atom stereocenters. The van der Waals surface area contributed by atoms with Gasteiger partial charge in [-0.25, -0.2) is 0 Å². The van der Waals surface area contributed by atoms with E-state index in [1.807, 2.05) is 43.0 Å². The Balaban J connectivity index is 2.38. The maximum Gasteiger partial charge on any atom is 0.246 e. The lowest BCUT2D eigenvalue weighted by molar-refractivity contribution is -0.123. The molecule has 1 aromatic carbocycles. The number of para-hydroxylation sites is 1. The number of nitrogens with zero attached hydrogens (tertiary/aromatic N) is 1. The largest absolute Gasteiger partial charge is 0.310 e. The van der Waals surface area contributed by atoms with Crippen molar-refractivity contribution < 1.29 is 4.79 Å². The first-order chi connectivity index (χ1) is 8.42. The predicted octanol–water partition coefficient (Wildman–Crippen LogP) is 2.94. The predicted molar refractivity (Wildman–Crippen MR) is 77.8 cm³/mol. The van der Waals surface area contributed by atoms with E-state index in [4.69, 9.17) is 0 Å². The smallest absolute Gasteiger partial charge is 0.246 e. The van der Waals surface area contributed by atoms with Gasteiger partial charge in [-0.15, -0.1) is 0 Å². The molecule has 2 rings (SSSR count). The first-order valence-electron chi connectivity index (χ1n) is 6.26. The molecule has 0 bridgehead atoms. The molecule has 0 radical (unpaired) electrons. The summed E-state index contributed by atoms with van der Waals surface area (Å²) < 4.78 is 0.962. The highest BCUT2D eigenvalue weighted by Gasteiger charge is 2.36. The van der Waals surface area contributed by atoms with Crippen LogP contribution >= 0.6 is 15.9 Å². The monoisotopic (exact) mass is 310 g/mol. The molecule has 0 aromatic heterocycles. The van der Waals surface area contributed by atoms with Gasteiger partial charge in [0, 0.05) is 17.1 Å². The minimum absolute atomic E-state index is 0.124. The number of anilines is 1. The minimum Gasteiger partial charge on any atom is -0.310 e. The molecular formula is C14H19BrN2O. The van der Waals surface area contributed by atoms with E-state index in [0.717, 1.165) is 23.1 Å². The molecule has 1 N–H and O–H groups in total. The van der Waals surface area contributed by atoms with E-state index in [-0.39, 0.29) is 5.91 Å². The molecule has 1 amide bonds. The fourth-order valence-corrected chi connectivity index (χ4v) is 2.91. The normalized spacial score (nSPS) is 23.9. The van der Waals surface area contributed by atoms with Crippen molar-refractivity contribution in [1.29, 1.82) is 0 Å². The molecule has 1 fully saturated rings. The lowest BCUT2D eigenvalue weighted by Crippen LogP contribution is -2.53. The van der Waals surface area contributed by atoms with Gasteiger partial charge >= 0.3 is 0 Å². The van der Waals surface area contributed by atoms with Crippen molar-refractivity contribution in [3.05, 3.63) is 28.7 Å². The Labute approximate surface area is 117 Å². The molecule has 1 heterocycles. The summed E-state index contributed by atoms with van der Waals surface area (Å²) in [6.07, 6.45) is 0.955. The SMILES string of the molecule is CC1CCN(c2ccccc2Br)C(=O)C(C)(C)N1. The van der Waals surface area contributed by atoms with E-state index in [1.165, 1.54) is 0 Å². The number of carbonyl (C=O) groups excluding carboxylic acids is 1. The molecule has 1 aromatic rings. The Morgan fingerprint density at radius 1 is 1.39 bits per heavy atom. The summed E-state index contributed by atoms with van der Waals surface area (Å²) in [6.45, 7) is 6.76. The molecule has 0 saturated carbocycles. The summed E-state index contributed by atoms with van der Waals surface area (Å²) in [5.41, 5.74) is 0.428. The number of halogens is 1. The molecule has 0 spiro atoms. The Bertz CT molecular complexity index is 459. The highest BCUT2D eigenvalue weighted by atomic mass is 79.9. The van der Waals surface area contributed by atoms with Crippen molar-refractivity contribution in [3.63, 3.8) is 0 Å². The van der Waals surface area contributed by atoms with Crippen LogP contribution in [0.1, 0.15) is 27.2 Å². The van der Waals surface area contributed by atoms with Crippen molar-refractivity contribution in [1.82, 2.24) is 5.32 Å². The van der Waals surface area contributed by atoms with Gasteiger partial charge in [-0.2, -0.15) is 0 Å². The maximum absolute atomic E-state index is 12.6. The highest BCUT2D eigenvalue weighted by Crippen LogP contribution is 2.29. The standard InChI is InChI=1S/C14H19BrN2O/c1-10-8-9-17(13(18)14(2,3)16-10)12-7-5-4-6-11(12)15/h4-7,10,16H,8-9H2,1-3H3. The quantitative estimate of drug-likeness (QED) is 0.865. The summed E-state index contributed by atoms with van der Waals surface area (Å²) in [4.78, 5) is 14.5. The number of rotatable bonds is 1. The van der Waals surface area contributed by atoms with Crippen LogP contribution in [0.2, 0.25) is 0 Å². The van der Waals surface area contributed by atoms with Crippen molar-refractivity contribution in [2.24, 2.45) is 0 Å². The van der Waals surface area contributed by atoms with Gasteiger partial charge in [0.15, 0.2) is 0 Å². The number of benzene rings is 1. The van der Waals surface area contributed by atoms with Crippen LogP contribution in [0, 0.1) is 0 Å². The van der Waals surface area contributed by atoms with Crippen LogP contribution in [0.15, 0.2) is 28.7 Å². The molecule has 1 aliphatic heterocycles. The molecule has 1 saturated heterocycles. The summed E-state index contributed by atoms with van der Waals surface area (Å²) in [5.74, 6) is 0.124. The van der Waals surface area contributed by atoms with Gasteiger partial charge in [0.05, 0.1) is 11.2 Å². The van der Waals surface area contributed by atoms with Gasteiger partial charge in [0.1, 0.15) is 0 Å². The van der Waals surface area contributed by atoms with Crippen LogP contribution in [-0.4, -0.2) is 24.0 Å². The van der Waals surface area contributed by atoms with Gasteiger partial charge < -0.3 is 10.2 Å². The first-order valence-corrected chi connectivity index (χ1v) is 7.05. The fraction of sp³-hybridized carbons (Fsp3) is 0.500. The molecule has 1 atom stereocenters. The van der Waals surface area contributed by atoms with Gasteiger partial charge in [-0.1, -0.05) is 12.1 Å². The van der Waals surface area contributed by atoms with Gasteiger partial charge in [0.2, 0.25) is 5.91 Å². The van der Waals surface area contributed by atoms with E-state index < -0.39 is 5.54 Å². The first kappa shape index (κ1) is 13.6. The molecule has 3 nitrogen and oxygen atoms in total. The Morgan fingerprint density at radius 3 is 2.72 bits per heavy atom. The number of hydrogen-bond acceptors (Lipinski definition) is 2. The average molecular weight is 311 g/mol. The van der Waals surface area contributed by atoms with Gasteiger partial charge in [-0.3, -0.25) is 4.79 Å². The zero-order chi connectivity index (χ0) is 13.3. The van der Waals surface area contributed by atoms with Crippen molar-refractivity contribution >= 4 is 27.5 Å². The number of carbonyl (C=O) groups is 1.